The molecule has 0 saturated carbocycles. The maximum atomic E-state index is 14.4. The largest absolute Gasteiger partial charge is 0.450 e. The van der Waals surface area contributed by atoms with Gasteiger partial charge in [0.1, 0.15) is 5.58 Å². The normalized spacial score (nSPS) is 18.3. The Morgan fingerprint density at radius 2 is 1.67 bits per heavy atom. The van der Waals surface area contributed by atoms with Crippen molar-refractivity contribution in [2.75, 3.05) is 11.4 Å². The number of hydrogen-bond acceptors (Lipinski definition) is 4. The van der Waals surface area contributed by atoms with Crippen molar-refractivity contribution < 1.29 is 14.0 Å². The molecule has 0 aliphatic carbocycles. The molecule has 0 N–H and O–H groups in total. The molecule has 36 heavy (non-hydrogen) atoms. The van der Waals surface area contributed by atoms with E-state index in [-0.39, 0.29) is 35.7 Å². The maximum absolute atomic E-state index is 14.4. The first-order valence-corrected chi connectivity index (χ1v) is 11.9. The van der Waals surface area contributed by atoms with E-state index in [1.54, 1.807) is 23.1 Å². The van der Waals surface area contributed by atoms with Gasteiger partial charge in [0.15, 0.2) is 11.0 Å². The lowest BCUT2D eigenvalue weighted by Crippen LogP contribution is -2.53. The van der Waals surface area contributed by atoms with Crippen LogP contribution in [0.1, 0.15) is 38.4 Å². The predicted molar refractivity (Wildman–Crippen MR) is 138 cm³/mol. The van der Waals surface area contributed by atoms with Crippen LogP contribution in [0.25, 0.3) is 11.0 Å². The van der Waals surface area contributed by atoms with Gasteiger partial charge >= 0.3 is 0 Å². The van der Waals surface area contributed by atoms with E-state index in [9.17, 15) is 14.4 Å². The summed E-state index contributed by atoms with van der Waals surface area (Å²) in [5.74, 6) is -0.914. The molecule has 0 saturated heterocycles. The van der Waals surface area contributed by atoms with Crippen LogP contribution in [0.5, 0.6) is 0 Å². The maximum Gasteiger partial charge on any atom is 0.291 e. The van der Waals surface area contributed by atoms with E-state index in [0.29, 0.717) is 22.2 Å². The number of hydrogen-bond donors (Lipinski definition) is 0. The molecule has 0 fully saturated rings. The van der Waals surface area contributed by atoms with Gasteiger partial charge in [0.2, 0.25) is 5.76 Å². The number of benzene rings is 3. The highest BCUT2D eigenvalue weighted by Crippen LogP contribution is 2.53. The summed E-state index contributed by atoms with van der Waals surface area (Å²) >= 11 is 0. The predicted octanol–water partition coefficient (Wildman–Crippen LogP) is 4.84. The lowest BCUT2D eigenvalue weighted by Gasteiger charge is -2.34. The summed E-state index contributed by atoms with van der Waals surface area (Å²) in [7, 11) is 0. The van der Waals surface area contributed by atoms with E-state index in [1.807, 2.05) is 68.4 Å². The molecule has 0 bridgehead atoms. The van der Waals surface area contributed by atoms with Gasteiger partial charge in [0.05, 0.1) is 16.6 Å². The molecular formula is C30H24N2O4. The van der Waals surface area contributed by atoms with E-state index in [1.165, 1.54) is 4.90 Å². The second kappa shape index (κ2) is 7.78. The van der Waals surface area contributed by atoms with Crippen molar-refractivity contribution in [2.24, 2.45) is 0 Å². The van der Waals surface area contributed by atoms with E-state index in [4.69, 9.17) is 4.42 Å². The first-order valence-electron chi connectivity index (χ1n) is 11.9. The van der Waals surface area contributed by atoms with Gasteiger partial charge in [0.25, 0.3) is 11.8 Å². The van der Waals surface area contributed by atoms with Gasteiger partial charge in [-0.05, 0) is 37.6 Å². The van der Waals surface area contributed by atoms with Crippen molar-refractivity contribution >= 4 is 28.5 Å². The average molecular weight is 477 g/mol. The van der Waals surface area contributed by atoms with Crippen LogP contribution in [0.4, 0.5) is 5.69 Å². The summed E-state index contributed by atoms with van der Waals surface area (Å²) < 4.78 is 6.10. The van der Waals surface area contributed by atoms with Crippen LogP contribution in [0.2, 0.25) is 0 Å². The fourth-order valence-corrected chi connectivity index (χ4v) is 5.51. The second-order valence-corrected chi connectivity index (χ2v) is 9.44. The van der Waals surface area contributed by atoms with Gasteiger partial charge < -0.3 is 14.2 Å². The van der Waals surface area contributed by atoms with Crippen LogP contribution in [0.3, 0.4) is 0 Å². The monoisotopic (exact) mass is 476 g/mol. The first kappa shape index (κ1) is 22.0. The molecule has 2 aliphatic rings. The second-order valence-electron chi connectivity index (χ2n) is 9.44. The Morgan fingerprint density at radius 3 is 2.42 bits per heavy atom. The smallest absolute Gasteiger partial charge is 0.291 e. The van der Waals surface area contributed by atoms with E-state index in [2.05, 4.69) is 6.58 Å². The minimum absolute atomic E-state index is 0.0768. The van der Waals surface area contributed by atoms with Gasteiger partial charge in [-0.15, -0.1) is 6.58 Å². The van der Waals surface area contributed by atoms with Crippen molar-refractivity contribution in [1.82, 2.24) is 4.90 Å². The number of carbonyl (C=O) groups is 2. The summed E-state index contributed by atoms with van der Waals surface area (Å²) in [5.41, 5.74) is 2.48. The fraction of sp³-hybridized carbons (Fsp3) is 0.167. The Labute approximate surface area is 208 Å². The molecule has 2 amide bonds. The lowest BCUT2D eigenvalue weighted by atomic mass is 9.83. The number of para-hydroxylation sites is 1. The van der Waals surface area contributed by atoms with Gasteiger partial charge in [-0.2, -0.15) is 0 Å². The zero-order valence-corrected chi connectivity index (χ0v) is 20.1. The van der Waals surface area contributed by atoms with Crippen LogP contribution >= 0.6 is 0 Å². The highest BCUT2D eigenvalue weighted by Gasteiger charge is 2.64. The highest BCUT2D eigenvalue weighted by molar-refractivity contribution is 6.17. The molecule has 0 radical (unpaired) electrons. The molecule has 6 nitrogen and oxygen atoms in total. The Bertz CT molecular complexity index is 1650. The van der Waals surface area contributed by atoms with Crippen LogP contribution in [-0.4, -0.2) is 23.3 Å². The number of rotatable bonds is 4. The molecule has 6 heteroatoms. The number of carbonyl (C=O) groups excluding carboxylic acids is 2. The van der Waals surface area contributed by atoms with Crippen molar-refractivity contribution in [3.8, 4) is 0 Å². The summed E-state index contributed by atoms with van der Waals surface area (Å²) in [5, 5.41) is 0.352. The standard InChI is InChI=1S/C30H24N2O4/c1-4-15-31-23-8-6-5-7-22(23)30(29(31)35)25-26(33)21-16-19(3)11-14-24(21)36-27(25)28(34)32(30)17-20-12-9-18(2)10-13-20/h4-14,16H,1,15,17H2,2-3H3. The molecule has 3 aromatic carbocycles. The summed E-state index contributed by atoms with van der Waals surface area (Å²) in [4.78, 5) is 45.6. The lowest BCUT2D eigenvalue weighted by molar-refractivity contribution is -0.126. The Hall–Kier alpha value is -4.45. The van der Waals surface area contributed by atoms with Gasteiger partial charge in [-0.3, -0.25) is 14.4 Å². The third-order valence-corrected chi connectivity index (χ3v) is 7.16. The number of nitrogens with zero attached hydrogens (tertiary/aromatic N) is 2. The third-order valence-electron chi connectivity index (χ3n) is 7.16. The third kappa shape index (κ3) is 2.81. The van der Waals surface area contributed by atoms with Crippen LogP contribution < -0.4 is 10.3 Å². The van der Waals surface area contributed by atoms with Crippen LogP contribution in [0.15, 0.2) is 88.6 Å². The molecule has 4 aromatic rings. The highest BCUT2D eigenvalue weighted by atomic mass is 16.3. The summed E-state index contributed by atoms with van der Waals surface area (Å²) in [6.07, 6.45) is 1.64. The Kier molecular flexibility index (Phi) is 4.76. The van der Waals surface area contributed by atoms with Crippen LogP contribution in [-0.2, 0) is 16.9 Å². The quantitative estimate of drug-likeness (QED) is 0.395. The van der Waals surface area contributed by atoms with Gasteiger partial charge in [-0.25, -0.2) is 0 Å². The molecule has 178 valence electrons. The van der Waals surface area contributed by atoms with Crippen molar-refractivity contribution in [2.45, 2.75) is 25.9 Å². The summed E-state index contributed by atoms with van der Waals surface area (Å²) in [6, 6.07) is 20.4. The minimum atomic E-state index is -1.63. The van der Waals surface area contributed by atoms with E-state index < -0.39 is 11.4 Å². The Balaban J connectivity index is 1.70. The number of anilines is 1. The topological polar surface area (TPSA) is 70.8 Å². The minimum Gasteiger partial charge on any atom is -0.450 e. The zero-order valence-electron chi connectivity index (χ0n) is 20.1. The van der Waals surface area contributed by atoms with Crippen molar-refractivity contribution in [3.63, 3.8) is 0 Å². The summed E-state index contributed by atoms with van der Waals surface area (Å²) in [6.45, 7) is 8.08. The van der Waals surface area contributed by atoms with Crippen molar-refractivity contribution in [3.05, 3.63) is 123 Å². The molecular weight excluding hydrogens is 452 g/mol. The number of fused-ring (bicyclic) bond motifs is 5. The van der Waals surface area contributed by atoms with Crippen LogP contribution in [0, 0.1) is 13.8 Å². The Morgan fingerprint density at radius 1 is 0.944 bits per heavy atom. The first-order chi connectivity index (χ1) is 17.4. The fourth-order valence-electron chi connectivity index (χ4n) is 5.51. The number of amides is 2. The van der Waals surface area contributed by atoms with Gasteiger partial charge in [0, 0.05) is 18.7 Å². The molecule has 1 unspecified atom stereocenters. The van der Waals surface area contributed by atoms with E-state index >= 15 is 0 Å². The molecule has 1 aromatic heterocycles. The van der Waals surface area contributed by atoms with Crippen molar-refractivity contribution in [1.29, 1.82) is 0 Å². The van der Waals surface area contributed by atoms with Gasteiger partial charge in [-0.1, -0.05) is 65.7 Å². The number of aryl methyl sites for hydroxylation is 2. The molecule has 2 aliphatic heterocycles. The molecule has 3 heterocycles. The zero-order chi connectivity index (χ0) is 25.2. The molecule has 1 atom stereocenters. The average Bonchev–Trinajstić information content (AvgIpc) is 3.26. The molecule has 6 rings (SSSR count). The SMILES string of the molecule is C=CCN1C(=O)C2(c3ccccc31)c1c(oc3ccc(C)cc3c1=O)C(=O)N2Cc1ccc(C)cc1. The molecule has 1 spiro atoms. The van der Waals surface area contributed by atoms with E-state index in [0.717, 1.165) is 16.7 Å².